The smallest absolute Gasteiger partial charge is 0.229 e. The zero-order valence-electron chi connectivity index (χ0n) is 24.8. The first kappa shape index (κ1) is 26.1. The van der Waals surface area contributed by atoms with Crippen LogP contribution in [0.25, 0.3) is 32.9 Å². The maximum Gasteiger partial charge on any atom is 0.229 e. The van der Waals surface area contributed by atoms with Gasteiger partial charge < -0.3 is 9.47 Å². The minimum absolute atomic E-state index is 0.747. The highest BCUT2D eigenvalue weighted by atomic mass is 15.3. The fourth-order valence-electron chi connectivity index (χ4n) is 6.60. The number of hydrogen-bond donors (Lipinski definition) is 0. The zero-order chi connectivity index (χ0) is 29.0. The van der Waals surface area contributed by atoms with Crippen molar-refractivity contribution in [2.45, 2.75) is 47.1 Å². The van der Waals surface area contributed by atoms with Gasteiger partial charge >= 0.3 is 0 Å². The van der Waals surface area contributed by atoms with E-state index in [1.165, 1.54) is 61.1 Å². The van der Waals surface area contributed by atoms with Crippen LogP contribution in [0.15, 0.2) is 91.4 Å². The van der Waals surface area contributed by atoms with E-state index in [0.29, 0.717) is 0 Å². The van der Waals surface area contributed by atoms with Crippen molar-refractivity contribution in [2.75, 3.05) is 11.4 Å². The highest BCUT2D eigenvalue weighted by Gasteiger charge is 2.29. The van der Waals surface area contributed by atoms with Crippen LogP contribution in [0.3, 0.4) is 0 Å². The first-order valence-electron chi connectivity index (χ1n) is 14.7. The van der Waals surface area contributed by atoms with Crippen molar-refractivity contribution >= 4 is 33.4 Å². The summed E-state index contributed by atoms with van der Waals surface area (Å²) in [5, 5.41) is 2.46. The van der Waals surface area contributed by atoms with Gasteiger partial charge in [0, 0.05) is 54.6 Å². The van der Waals surface area contributed by atoms with Gasteiger partial charge in [-0.15, -0.1) is 0 Å². The molecule has 1 aliphatic heterocycles. The number of aromatic nitrogens is 4. The lowest BCUT2D eigenvalue weighted by atomic mass is 9.87. The highest BCUT2D eigenvalue weighted by molar-refractivity contribution is 6.07. The maximum atomic E-state index is 4.94. The average molecular weight is 550 g/mol. The molecule has 5 heteroatoms. The van der Waals surface area contributed by atoms with E-state index >= 15 is 0 Å². The van der Waals surface area contributed by atoms with Gasteiger partial charge in [-0.1, -0.05) is 60.2 Å². The van der Waals surface area contributed by atoms with Gasteiger partial charge in [-0.05, 0) is 85.7 Å². The van der Waals surface area contributed by atoms with E-state index in [-0.39, 0.29) is 0 Å². The Morgan fingerprint density at radius 1 is 0.881 bits per heavy atom. The molecule has 3 aromatic heterocycles. The zero-order valence-corrected chi connectivity index (χ0v) is 24.8. The fourth-order valence-corrected chi connectivity index (χ4v) is 6.60. The Bertz CT molecular complexity index is 1980. The Morgan fingerprint density at radius 3 is 2.40 bits per heavy atom. The molecule has 0 saturated carbocycles. The molecule has 7 rings (SSSR count). The van der Waals surface area contributed by atoms with Crippen molar-refractivity contribution in [3.8, 4) is 11.1 Å². The number of para-hydroxylation sites is 1. The second-order valence-electron chi connectivity index (χ2n) is 11.7. The molecule has 4 heterocycles. The quantitative estimate of drug-likeness (QED) is 0.196. The van der Waals surface area contributed by atoms with E-state index in [9.17, 15) is 0 Å². The second-order valence-corrected chi connectivity index (χ2v) is 11.7. The Morgan fingerprint density at radius 2 is 1.64 bits per heavy atom. The van der Waals surface area contributed by atoms with E-state index in [0.717, 1.165) is 48.5 Å². The molecule has 0 amide bonds. The van der Waals surface area contributed by atoms with Gasteiger partial charge in [0.25, 0.3) is 0 Å². The summed E-state index contributed by atoms with van der Waals surface area (Å²) >= 11 is 0. The summed E-state index contributed by atoms with van der Waals surface area (Å²) < 4.78 is 2.47. The van der Waals surface area contributed by atoms with Gasteiger partial charge in [0.15, 0.2) is 0 Å². The highest BCUT2D eigenvalue weighted by Crippen LogP contribution is 2.46. The SMILES string of the molecule is C=C(C)Cc1c(C)c2c3c(cc(C)n3CCN2c2ncc(Cc3ccnc4ccccc34)cn2)c1-c1ccc(C)cc1. The normalized spacial score (nSPS) is 12.8. The lowest BCUT2D eigenvalue weighted by Crippen LogP contribution is -2.30. The van der Waals surface area contributed by atoms with Crippen molar-refractivity contribution in [1.29, 1.82) is 0 Å². The summed E-state index contributed by atoms with van der Waals surface area (Å²) in [5.74, 6) is 0.747. The predicted octanol–water partition coefficient (Wildman–Crippen LogP) is 8.43. The maximum absolute atomic E-state index is 4.94. The van der Waals surface area contributed by atoms with Gasteiger partial charge in [-0.25, -0.2) is 9.97 Å². The molecule has 5 nitrogen and oxygen atoms in total. The van der Waals surface area contributed by atoms with Gasteiger partial charge in [0.2, 0.25) is 5.95 Å². The largest absolute Gasteiger partial charge is 0.341 e. The summed E-state index contributed by atoms with van der Waals surface area (Å²) in [6.45, 7) is 14.8. The molecule has 0 saturated heterocycles. The molecular weight excluding hydrogens is 514 g/mol. The van der Waals surface area contributed by atoms with Crippen LogP contribution in [0, 0.1) is 20.8 Å². The van der Waals surface area contributed by atoms with Crippen molar-refractivity contribution in [3.63, 3.8) is 0 Å². The van der Waals surface area contributed by atoms with Crippen LogP contribution in [0.5, 0.6) is 0 Å². The fraction of sp³-hybridized carbons (Fsp3) is 0.216. The molecule has 208 valence electrons. The van der Waals surface area contributed by atoms with E-state index in [1.54, 1.807) is 0 Å². The molecule has 0 N–H and O–H groups in total. The minimum atomic E-state index is 0.747. The summed E-state index contributed by atoms with van der Waals surface area (Å²) in [6.07, 6.45) is 7.45. The lowest BCUT2D eigenvalue weighted by molar-refractivity contribution is 0.673. The lowest BCUT2D eigenvalue weighted by Gasteiger charge is -2.33. The first-order chi connectivity index (χ1) is 20.4. The Balaban J connectivity index is 1.34. The third-order valence-electron chi connectivity index (χ3n) is 8.61. The molecule has 0 aliphatic carbocycles. The second kappa shape index (κ2) is 10.3. The predicted molar refractivity (Wildman–Crippen MR) is 174 cm³/mol. The standard InChI is InChI=1S/C37H35N5/c1-23(2)18-31-26(5)35-36-32(34(31)28-12-10-24(3)11-13-28)19-25(4)41(36)16-17-42(35)37-39-21-27(22-40-37)20-29-14-15-38-33-9-7-6-8-30(29)33/h6-15,19,21-22H,1,16-18,20H2,2-5H3. The molecule has 0 spiro atoms. The summed E-state index contributed by atoms with van der Waals surface area (Å²) in [4.78, 5) is 16.7. The molecule has 42 heavy (non-hydrogen) atoms. The molecule has 0 atom stereocenters. The number of hydrogen-bond acceptors (Lipinski definition) is 4. The summed E-state index contributed by atoms with van der Waals surface area (Å²) in [6, 6.07) is 21.7. The van der Waals surface area contributed by atoms with E-state index in [2.05, 4.69) is 103 Å². The van der Waals surface area contributed by atoms with Gasteiger partial charge in [-0.3, -0.25) is 4.98 Å². The van der Waals surface area contributed by atoms with Crippen LogP contribution >= 0.6 is 0 Å². The molecule has 0 unspecified atom stereocenters. The Kier molecular flexibility index (Phi) is 6.38. The minimum Gasteiger partial charge on any atom is -0.341 e. The monoisotopic (exact) mass is 549 g/mol. The van der Waals surface area contributed by atoms with Gasteiger partial charge in [-0.2, -0.15) is 0 Å². The van der Waals surface area contributed by atoms with E-state index < -0.39 is 0 Å². The molecule has 0 bridgehead atoms. The molecule has 1 aliphatic rings. The Labute approximate surface area is 247 Å². The number of allylic oxidation sites excluding steroid dienone is 1. The Hall–Kier alpha value is -4.77. The molecule has 3 aromatic carbocycles. The number of benzene rings is 3. The van der Waals surface area contributed by atoms with Gasteiger partial charge in [0.1, 0.15) is 0 Å². The number of fused-ring (bicyclic) bond motifs is 1. The number of aryl methyl sites for hydroxylation is 2. The van der Waals surface area contributed by atoms with Crippen LogP contribution < -0.4 is 4.90 Å². The molecular formula is C37H35N5. The van der Waals surface area contributed by atoms with Crippen LogP contribution in [0.1, 0.15) is 40.4 Å². The molecule has 6 aromatic rings. The van der Waals surface area contributed by atoms with Crippen molar-refractivity contribution in [2.24, 2.45) is 0 Å². The van der Waals surface area contributed by atoms with Gasteiger partial charge in [0.05, 0.1) is 16.7 Å². The van der Waals surface area contributed by atoms with Crippen LogP contribution in [0.4, 0.5) is 11.6 Å². The number of rotatable bonds is 6. The summed E-state index contributed by atoms with van der Waals surface area (Å²) in [5.41, 5.74) is 14.7. The third kappa shape index (κ3) is 4.37. The molecule has 0 fully saturated rings. The van der Waals surface area contributed by atoms with Crippen LogP contribution in [-0.4, -0.2) is 26.1 Å². The van der Waals surface area contributed by atoms with E-state index in [4.69, 9.17) is 9.97 Å². The van der Waals surface area contributed by atoms with Crippen molar-refractivity contribution in [3.05, 3.63) is 125 Å². The van der Waals surface area contributed by atoms with E-state index in [1.807, 2.05) is 24.7 Å². The van der Waals surface area contributed by atoms with Crippen molar-refractivity contribution in [1.82, 2.24) is 19.5 Å². The number of pyridine rings is 1. The summed E-state index contributed by atoms with van der Waals surface area (Å²) in [7, 11) is 0. The topological polar surface area (TPSA) is 46.8 Å². The first-order valence-corrected chi connectivity index (χ1v) is 14.7. The molecule has 0 radical (unpaired) electrons. The van der Waals surface area contributed by atoms with Crippen molar-refractivity contribution < 1.29 is 0 Å². The number of nitrogens with zero attached hydrogens (tertiary/aromatic N) is 5. The number of anilines is 2. The van der Waals surface area contributed by atoms with Crippen LogP contribution in [0.2, 0.25) is 0 Å². The average Bonchev–Trinajstić information content (AvgIpc) is 3.33. The van der Waals surface area contributed by atoms with Crippen LogP contribution in [-0.2, 0) is 19.4 Å². The third-order valence-corrected chi connectivity index (χ3v) is 8.61.